The Morgan fingerprint density at radius 1 is 1.53 bits per heavy atom. The molecule has 1 aliphatic carbocycles. The summed E-state index contributed by atoms with van der Waals surface area (Å²) in [6, 6.07) is 6.53. The summed E-state index contributed by atoms with van der Waals surface area (Å²) in [5, 5.41) is 8.77. The number of allylic oxidation sites excluding steroid dienone is 1. The summed E-state index contributed by atoms with van der Waals surface area (Å²) in [4.78, 5) is 10.7. The van der Waals surface area contributed by atoms with Gasteiger partial charge in [0.05, 0.1) is 0 Å². The van der Waals surface area contributed by atoms with Crippen LogP contribution in [0.5, 0.6) is 0 Å². The molecule has 0 saturated heterocycles. The van der Waals surface area contributed by atoms with Gasteiger partial charge >= 0.3 is 5.97 Å². The Morgan fingerprint density at radius 3 is 3.06 bits per heavy atom. The first kappa shape index (κ1) is 11.8. The minimum absolute atomic E-state index is 0.232. The molecule has 1 unspecified atom stereocenters. The maximum atomic E-state index is 13.0. The summed E-state index contributed by atoms with van der Waals surface area (Å²) in [6.07, 6.45) is 4.93. The van der Waals surface area contributed by atoms with Crippen LogP contribution in [0, 0.1) is 11.7 Å². The normalized spacial score (nSPS) is 21.9. The minimum atomic E-state index is -0.883. The number of benzene rings is 1. The molecule has 2 rings (SSSR count). The van der Waals surface area contributed by atoms with Gasteiger partial charge in [-0.1, -0.05) is 17.7 Å². The van der Waals surface area contributed by atoms with Crippen molar-refractivity contribution in [2.45, 2.75) is 25.7 Å². The van der Waals surface area contributed by atoms with Crippen LogP contribution in [0.4, 0.5) is 4.39 Å². The van der Waals surface area contributed by atoms with Gasteiger partial charge in [-0.2, -0.15) is 0 Å². The third-order valence-electron chi connectivity index (χ3n) is 3.22. The number of rotatable bonds is 3. The highest BCUT2D eigenvalue weighted by Crippen LogP contribution is 2.33. The van der Waals surface area contributed by atoms with E-state index < -0.39 is 5.97 Å². The van der Waals surface area contributed by atoms with E-state index in [4.69, 9.17) is 5.11 Å². The molecule has 0 amide bonds. The van der Waals surface area contributed by atoms with E-state index in [2.05, 4.69) is 0 Å². The summed E-state index contributed by atoms with van der Waals surface area (Å²) >= 11 is 0. The second-order valence-electron chi connectivity index (χ2n) is 4.48. The van der Waals surface area contributed by atoms with Crippen LogP contribution >= 0.6 is 0 Å². The quantitative estimate of drug-likeness (QED) is 0.815. The molecule has 0 bridgehead atoms. The zero-order valence-corrected chi connectivity index (χ0v) is 9.53. The lowest BCUT2D eigenvalue weighted by atomic mass is 9.94. The second kappa shape index (κ2) is 5.13. The molecule has 1 aromatic carbocycles. The highest BCUT2D eigenvalue weighted by molar-refractivity contribution is 5.80. The van der Waals surface area contributed by atoms with Crippen LogP contribution in [-0.4, -0.2) is 11.1 Å². The SMILES string of the molecule is O=C(O)/C=C1\CCCC1Cc1cccc(F)c1. The van der Waals surface area contributed by atoms with Crippen molar-refractivity contribution in [3.8, 4) is 0 Å². The number of hydrogen-bond donors (Lipinski definition) is 1. The fraction of sp³-hybridized carbons (Fsp3) is 0.357. The third-order valence-corrected chi connectivity index (χ3v) is 3.22. The van der Waals surface area contributed by atoms with Crippen LogP contribution in [0.25, 0.3) is 0 Å². The van der Waals surface area contributed by atoms with E-state index in [9.17, 15) is 9.18 Å². The summed E-state index contributed by atoms with van der Waals surface area (Å²) in [5.41, 5.74) is 1.93. The first-order valence-electron chi connectivity index (χ1n) is 5.83. The van der Waals surface area contributed by atoms with Gasteiger partial charge in [-0.15, -0.1) is 0 Å². The minimum Gasteiger partial charge on any atom is -0.478 e. The molecule has 0 radical (unpaired) electrons. The fourth-order valence-electron chi connectivity index (χ4n) is 2.47. The van der Waals surface area contributed by atoms with Crippen molar-refractivity contribution in [3.05, 3.63) is 47.3 Å². The van der Waals surface area contributed by atoms with Gasteiger partial charge in [0.1, 0.15) is 5.82 Å². The number of carbonyl (C=O) groups is 1. The third kappa shape index (κ3) is 3.16. The Balaban J connectivity index is 2.10. The van der Waals surface area contributed by atoms with E-state index in [1.807, 2.05) is 6.07 Å². The fourth-order valence-corrected chi connectivity index (χ4v) is 2.47. The maximum Gasteiger partial charge on any atom is 0.328 e. The smallest absolute Gasteiger partial charge is 0.328 e. The number of halogens is 1. The zero-order valence-electron chi connectivity index (χ0n) is 9.53. The summed E-state index contributed by atoms with van der Waals surface area (Å²) < 4.78 is 13.0. The monoisotopic (exact) mass is 234 g/mol. The van der Waals surface area contributed by atoms with Gasteiger partial charge in [-0.25, -0.2) is 9.18 Å². The van der Waals surface area contributed by atoms with Gasteiger partial charge in [-0.3, -0.25) is 0 Å². The molecule has 17 heavy (non-hydrogen) atoms. The topological polar surface area (TPSA) is 37.3 Å². The molecule has 0 aliphatic heterocycles. The lowest BCUT2D eigenvalue weighted by Gasteiger charge is -2.11. The molecule has 0 spiro atoms. The molecule has 2 nitrogen and oxygen atoms in total. The average Bonchev–Trinajstić information content (AvgIpc) is 2.65. The number of aliphatic carboxylic acids is 1. The van der Waals surface area contributed by atoms with Gasteiger partial charge < -0.3 is 5.11 Å². The molecular formula is C14H15FO2. The lowest BCUT2D eigenvalue weighted by Crippen LogP contribution is -2.04. The van der Waals surface area contributed by atoms with Crippen molar-refractivity contribution in [1.82, 2.24) is 0 Å². The Labute approximate surface area is 99.8 Å². The maximum absolute atomic E-state index is 13.0. The van der Waals surface area contributed by atoms with Gasteiger partial charge in [-0.05, 0) is 49.3 Å². The molecule has 1 aliphatic rings. The highest BCUT2D eigenvalue weighted by atomic mass is 19.1. The van der Waals surface area contributed by atoms with Crippen LogP contribution in [0.15, 0.2) is 35.9 Å². The molecule has 90 valence electrons. The highest BCUT2D eigenvalue weighted by Gasteiger charge is 2.22. The van der Waals surface area contributed by atoms with Crippen LogP contribution < -0.4 is 0 Å². The number of carboxylic acid groups (broad SMARTS) is 1. The summed E-state index contributed by atoms with van der Waals surface area (Å²) in [6.45, 7) is 0. The van der Waals surface area contributed by atoms with Crippen molar-refractivity contribution in [3.63, 3.8) is 0 Å². The molecule has 3 heteroatoms. The Hall–Kier alpha value is -1.64. The van der Waals surface area contributed by atoms with Crippen molar-refractivity contribution in [2.75, 3.05) is 0 Å². The molecule has 1 aromatic rings. The lowest BCUT2D eigenvalue weighted by molar-refractivity contribution is -0.131. The molecule has 1 N–H and O–H groups in total. The van der Waals surface area contributed by atoms with Crippen LogP contribution in [0.2, 0.25) is 0 Å². The van der Waals surface area contributed by atoms with Gasteiger partial charge in [0.2, 0.25) is 0 Å². The number of carboxylic acids is 1. The summed E-state index contributed by atoms with van der Waals surface area (Å²) in [7, 11) is 0. The molecule has 1 atom stereocenters. The van der Waals surface area contributed by atoms with Gasteiger partial charge in [0.25, 0.3) is 0 Å². The van der Waals surface area contributed by atoms with E-state index in [1.54, 1.807) is 6.07 Å². The number of hydrogen-bond acceptors (Lipinski definition) is 1. The van der Waals surface area contributed by atoms with Crippen LogP contribution in [0.3, 0.4) is 0 Å². The van der Waals surface area contributed by atoms with Crippen molar-refractivity contribution in [1.29, 1.82) is 0 Å². The van der Waals surface area contributed by atoms with Crippen molar-refractivity contribution < 1.29 is 14.3 Å². The van der Waals surface area contributed by atoms with E-state index in [1.165, 1.54) is 18.2 Å². The van der Waals surface area contributed by atoms with Crippen LogP contribution in [-0.2, 0) is 11.2 Å². The van der Waals surface area contributed by atoms with Gasteiger partial charge in [0, 0.05) is 6.08 Å². The predicted octanol–water partition coefficient (Wildman–Crippen LogP) is 3.18. The predicted molar refractivity (Wildman–Crippen MR) is 63.2 cm³/mol. The van der Waals surface area contributed by atoms with E-state index in [0.29, 0.717) is 0 Å². The van der Waals surface area contributed by atoms with Crippen LogP contribution in [0.1, 0.15) is 24.8 Å². The molecule has 0 aromatic heterocycles. The van der Waals surface area contributed by atoms with E-state index in [-0.39, 0.29) is 11.7 Å². The second-order valence-corrected chi connectivity index (χ2v) is 4.48. The molecule has 1 saturated carbocycles. The Morgan fingerprint density at radius 2 is 2.35 bits per heavy atom. The first-order valence-corrected chi connectivity index (χ1v) is 5.83. The average molecular weight is 234 g/mol. The zero-order chi connectivity index (χ0) is 12.3. The standard InChI is InChI=1S/C14H15FO2/c15-13-6-1-3-10(8-13)7-11-4-2-5-12(11)9-14(16)17/h1,3,6,8-9,11H,2,4-5,7H2,(H,16,17)/b12-9+. The van der Waals surface area contributed by atoms with Gasteiger partial charge in [0.15, 0.2) is 0 Å². The largest absolute Gasteiger partial charge is 0.478 e. The first-order chi connectivity index (χ1) is 8.15. The molecule has 1 fully saturated rings. The Kier molecular flexibility index (Phi) is 3.57. The van der Waals surface area contributed by atoms with E-state index in [0.717, 1.165) is 36.8 Å². The Bertz CT molecular complexity index is 451. The van der Waals surface area contributed by atoms with Crippen molar-refractivity contribution >= 4 is 5.97 Å². The molecule has 0 heterocycles. The summed E-state index contributed by atoms with van der Waals surface area (Å²) in [5.74, 6) is -0.858. The van der Waals surface area contributed by atoms with E-state index >= 15 is 0 Å². The van der Waals surface area contributed by atoms with Crippen molar-refractivity contribution in [2.24, 2.45) is 5.92 Å². The molecular weight excluding hydrogens is 219 g/mol.